The third-order valence-electron chi connectivity index (χ3n) is 1.15. The second-order valence-corrected chi connectivity index (χ2v) is 2.67. The second-order valence-electron chi connectivity index (χ2n) is 2.67. The van der Waals surface area contributed by atoms with Gasteiger partial charge in [0.1, 0.15) is 0 Å². The van der Waals surface area contributed by atoms with Crippen LogP contribution in [0.3, 0.4) is 0 Å². The van der Waals surface area contributed by atoms with Crippen LogP contribution in [0.15, 0.2) is 6.20 Å². The van der Waals surface area contributed by atoms with Gasteiger partial charge in [-0.25, -0.2) is 4.79 Å². The number of hydrogen-bond donors (Lipinski definition) is 0. The Morgan fingerprint density at radius 1 is 1.67 bits per heavy atom. The Bertz CT molecular complexity index is 280. The largest absolute Gasteiger partial charge is 0.458 e. The van der Waals surface area contributed by atoms with Crippen LogP contribution in [0.1, 0.15) is 24.3 Å². The maximum Gasteiger partial charge on any atom is 0.360 e. The van der Waals surface area contributed by atoms with Crippen molar-refractivity contribution >= 4 is 5.97 Å². The van der Waals surface area contributed by atoms with E-state index in [9.17, 15) is 4.79 Å². The minimum Gasteiger partial charge on any atom is -0.458 e. The Morgan fingerprint density at radius 3 is 2.75 bits per heavy atom. The lowest BCUT2D eigenvalue weighted by molar-refractivity contribution is 0.0370. The first-order chi connectivity index (χ1) is 5.59. The van der Waals surface area contributed by atoms with E-state index >= 15 is 0 Å². The predicted octanol–water partition coefficient (Wildman–Crippen LogP) is 0.380. The fourth-order valence-corrected chi connectivity index (χ4v) is 0.714. The molecule has 0 fully saturated rings. The Kier molecular flexibility index (Phi) is 2.42. The lowest BCUT2D eigenvalue weighted by atomic mass is 10.4. The lowest BCUT2D eigenvalue weighted by Gasteiger charge is -2.04. The number of nitrogens with zero attached hydrogens (tertiary/aromatic N) is 3. The molecule has 0 aromatic carbocycles. The van der Waals surface area contributed by atoms with Crippen LogP contribution in [0.25, 0.3) is 0 Å². The van der Waals surface area contributed by atoms with E-state index in [0.29, 0.717) is 0 Å². The zero-order valence-electron chi connectivity index (χ0n) is 7.31. The average Bonchev–Trinajstić information content (AvgIpc) is 2.34. The van der Waals surface area contributed by atoms with Crippen LogP contribution in [-0.2, 0) is 11.8 Å². The van der Waals surface area contributed by atoms with Crippen LogP contribution in [0.4, 0.5) is 0 Å². The number of aromatic nitrogens is 3. The summed E-state index contributed by atoms with van der Waals surface area (Å²) in [6.07, 6.45) is 1.25. The van der Waals surface area contributed by atoms with E-state index < -0.39 is 5.97 Å². The van der Waals surface area contributed by atoms with Crippen LogP contribution in [-0.4, -0.2) is 27.1 Å². The monoisotopic (exact) mass is 169 g/mol. The van der Waals surface area contributed by atoms with Gasteiger partial charge in [-0.1, -0.05) is 0 Å². The topological polar surface area (TPSA) is 57.0 Å². The molecular weight excluding hydrogens is 158 g/mol. The highest BCUT2D eigenvalue weighted by molar-refractivity contribution is 5.86. The summed E-state index contributed by atoms with van der Waals surface area (Å²) in [5, 5.41) is 7.54. The molecule has 1 rings (SSSR count). The number of ether oxygens (including phenoxy) is 1. The molecule has 0 saturated heterocycles. The molecule has 66 valence electrons. The molecule has 12 heavy (non-hydrogen) atoms. The summed E-state index contributed by atoms with van der Waals surface area (Å²) in [7, 11) is 1.64. The van der Waals surface area contributed by atoms with E-state index in [4.69, 9.17) is 4.74 Å². The normalized spacial score (nSPS) is 10.3. The van der Waals surface area contributed by atoms with Crippen molar-refractivity contribution < 1.29 is 9.53 Å². The van der Waals surface area contributed by atoms with Gasteiger partial charge in [0, 0.05) is 7.05 Å². The van der Waals surface area contributed by atoms with Gasteiger partial charge in [-0.2, -0.15) is 9.90 Å². The van der Waals surface area contributed by atoms with Crippen molar-refractivity contribution in [3.8, 4) is 0 Å². The fraction of sp³-hybridized carbons (Fsp3) is 0.571. The smallest absolute Gasteiger partial charge is 0.360 e. The predicted molar refractivity (Wildman–Crippen MR) is 41.6 cm³/mol. The van der Waals surface area contributed by atoms with Crippen molar-refractivity contribution in [3.05, 3.63) is 11.9 Å². The molecule has 1 aromatic heterocycles. The zero-order chi connectivity index (χ0) is 9.14. The Morgan fingerprint density at radius 2 is 2.33 bits per heavy atom. The van der Waals surface area contributed by atoms with Crippen molar-refractivity contribution in [1.29, 1.82) is 0 Å². The van der Waals surface area contributed by atoms with E-state index in [1.165, 1.54) is 11.0 Å². The molecule has 0 amide bonds. The second kappa shape index (κ2) is 3.34. The zero-order valence-corrected chi connectivity index (χ0v) is 7.31. The summed E-state index contributed by atoms with van der Waals surface area (Å²) in [6.45, 7) is 3.57. The summed E-state index contributed by atoms with van der Waals surface area (Å²) < 4.78 is 4.89. The highest BCUT2D eigenvalue weighted by Gasteiger charge is 2.12. The van der Waals surface area contributed by atoms with Crippen molar-refractivity contribution in [3.63, 3.8) is 0 Å². The molecule has 0 bridgehead atoms. The van der Waals surface area contributed by atoms with Crippen molar-refractivity contribution in [1.82, 2.24) is 15.0 Å². The summed E-state index contributed by atoms with van der Waals surface area (Å²) in [5.74, 6) is -0.432. The van der Waals surface area contributed by atoms with Crippen LogP contribution in [0, 0.1) is 0 Å². The molecule has 5 heteroatoms. The van der Waals surface area contributed by atoms with Crippen molar-refractivity contribution in [2.75, 3.05) is 0 Å². The molecule has 0 atom stereocenters. The Hall–Kier alpha value is -1.39. The first kappa shape index (κ1) is 8.70. The van der Waals surface area contributed by atoms with Gasteiger partial charge >= 0.3 is 5.97 Å². The number of aryl methyl sites for hydroxylation is 1. The van der Waals surface area contributed by atoms with E-state index in [-0.39, 0.29) is 11.8 Å². The van der Waals surface area contributed by atoms with Gasteiger partial charge in [0.05, 0.1) is 12.3 Å². The molecule has 0 N–H and O–H groups in total. The average molecular weight is 169 g/mol. The van der Waals surface area contributed by atoms with Gasteiger partial charge in [-0.3, -0.25) is 0 Å². The SMILES string of the molecule is CC(C)OC(=O)c1cnn(C)n1. The summed E-state index contributed by atoms with van der Waals surface area (Å²) in [6, 6.07) is 0. The quantitative estimate of drug-likeness (QED) is 0.600. The highest BCUT2D eigenvalue weighted by Crippen LogP contribution is 1.97. The minimum absolute atomic E-state index is 0.125. The van der Waals surface area contributed by atoms with E-state index in [0.717, 1.165) is 0 Å². The van der Waals surface area contributed by atoms with Gasteiger partial charge in [0.25, 0.3) is 0 Å². The van der Waals surface area contributed by atoms with Gasteiger partial charge in [0.2, 0.25) is 0 Å². The van der Waals surface area contributed by atoms with E-state index in [1.54, 1.807) is 20.9 Å². The highest BCUT2D eigenvalue weighted by atomic mass is 16.5. The maximum atomic E-state index is 11.1. The van der Waals surface area contributed by atoms with Crippen LogP contribution >= 0.6 is 0 Å². The van der Waals surface area contributed by atoms with Gasteiger partial charge in [0.15, 0.2) is 5.69 Å². The first-order valence-electron chi connectivity index (χ1n) is 3.67. The molecule has 0 aliphatic heterocycles. The molecular formula is C7H11N3O2. The van der Waals surface area contributed by atoms with Gasteiger partial charge in [-0.05, 0) is 13.8 Å². The minimum atomic E-state index is -0.432. The van der Waals surface area contributed by atoms with Gasteiger partial charge in [-0.15, -0.1) is 5.10 Å². The third kappa shape index (κ3) is 2.05. The molecule has 1 heterocycles. The number of hydrogen-bond acceptors (Lipinski definition) is 4. The van der Waals surface area contributed by atoms with Crippen LogP contribution in [0.2, 0.25) is 0 Å². The molecule has 0 saturated carbocycles. The third-order valence-corrected chi connectivity index (χ3v) is 1.15. The first-order valence-corrected chi connectivity index (χ1v) is 3.67. The van der Waals surface area contributed by atoms with Crippen LogP contribution < -0.4 is 0 Å². The molecule has 0 aliphatic carbocycles. The molecule has 5 nitrogen and oxygen atoms in total. The summed E-state index contributed by atoms with van der Waals surface area (Å²) in [5.41, 5.74) is 0.242. The Labute approximate surface area is 70.3 Å². The number of rotatable bonds is 2. The maximum absolute atomic E-state index is 11.1. The lowest BCUT2D eigenvalue weighted by Crippen LogP contribution is -2.12. The number of esters is 1. The van der Waals surface area contributed by atoms with Crippen LogP contribution in [0.5, 0.6) is 0 Å². The molecule has 0 spiro atoms. The number of carbonyl (C=O) groups excluding carboxylic acids is 1. The van der Waals surface area contributed by atoms with Gasteiger partial charge < -0.3 is 4.74 Å². The standard InChI is InChI=1S/C7H11N3O2/c1-5(2)12-7(11)6-4-8-10(3)9-6/h4-5H,1-3H3. The molecule has 0 unspecified atom stereocenters. The summed E-state index contributed by atoms with van der Waals surface area (Å²) in [4.78, 5) is 12.4. The van der Waals surface area contributed by atoms with E-state index in [2.05, 4.69) is 10.2 Å². The number of carbonyl (C=O) groups is 1. The molecule has 0 aliphatic rings. The molecule has 0 radical (unpaired) electrons. The summed E-state index contributed by atoms with van der Waals surface area (Å²) >= 11 is 0. The fourth-order valence-electron chi connectivity index (χ4n) is 0.714. The van der Waals surface area contributed by atoms with Crippen molar-refractivity contribution in [2.45, 2.75) is 20.0 Å². The van der Waals surface area contributed by atoms with Crippen molar-refractivity contribution in [2.24, 2.45) is 7.05 Å². The Balaban J connectivity index is 2.65. The van der Waals surface area contributed by atoms with E-state index in [1.807, 2.05) is 0 Å². The molecule has 1 aromatic rings.